The van der Waals surface area contributed by atoms with E-state index in [4.69, 9.17) is 0 Å². The first-order valence-electron chi connectivity index (χ1n) is 6.59. The molecule has 6 nitrogen and oxygen atoms in total. The van der Waals surface area contributed by atoms with Crippen LogP contribution in [-0.2, 0) is 0 Å². The van der Waals surface area contributed by atoms with E-state index in [9.17, 15) is 15.0 Å². The van der Waals surface area contributed by atoms with Crippen LogP contribution in [-0.4, -0.2) is 16.1 Å². The minimum atomic E-state index is -1.24. The third-order valence-electron chi connectivity index (χ3n) is 3.36. The lowest BCUT2D eigenvalue weighted by molar-refractivity contribution is -0.255. The smallest absolute Gasteiger partial charge is 0.218 e. The van der Waals surface area contributed by atoms with Gasteiger partial charge < -0.3 is 20.0 Å². The van der Waals surface area contributed by atoms with E-state index in [2.05, 4.69) is 15.2 Å². The van der Waals surface area contributed by atoms with Gasteiger partial charge in [0.15, 0.2) is 5.69 Å². The van der Waals surface area contributed by atoms with Crippen LogP contribution in [0.1, 0.15) is 15.9 Å². The van der Waals surface area contributed by atoms with Gasteiger partial charge in [-0.2, -0.15) is 5.11 Å². The van der Waals surface area contributed by atoms with Crippen LogP contribution in [0, 0.1) is 6.92 Å². The van der Waals surface area contributed by atoms with Crippen molar-refractivity contribution in [2.45, 2.75) is 6.92 Å². The molecule has 1 aromatic heterocycles. The zero-order valence-corrected chi connectivity index (χ0v) is 11.7. The van der Waals surface area contributed by atoms with Crippen LogP contribution in [0.2, 0.25) is 0 Å². The standard InChI is InChI=1S/C16H13N3O3/c1-9-3-2-4-12-13(9)17-15(20)14(12)19-18-11-7-5-10(6-8-11)16(21)22/h2-8,17,20H,1H3,(H,21,22)/p-1. The van der Waals surface area contributed by atoms with Crippen LogP contribution < -0.4 is 5.11 Å². The molecule has 0 aliphatic carbocycles. The number of nitrogens with zero attached hydrogens (tertiary/aromatic N) is 2. The summed E-state index contributed by atoms with van der Waals surface area (Å²) in [5, 5.41) is 29.5. The number of carboxylic acid groups (broad SMARTS) is 1. The second-order valence-corrected chi connectivity index (χ2v) is 4.85. The Hall–Kier alpha value is -3.15. The number of aromatic hydroxyl groups is 1. The van der Waals surface area contributed by atoms with Crippen molar-refractivity contribution in [1.29, 1.82) is 0 Å². The molecule has 110 valence electrons. The lowest BCUT2D eigenvalue weighted by atomic mass is 10.1. The van der Waals surface area contributed by atoms with Crippen molar-refractivity contribution in [2.75, 3.05) is 0 Å². The number of fused-ring (bicyclic) bond motifs is 1. The molecule has 0 saturated carbocycles. The van der Waals surface area contributed by atoms with Gasteiger partial charge in [0.05, 0.1) is 17.2 Å². The first-order chi connectivity index (χ1) is 10.6. The number of H-pyrrole nitrogens is 1. The molecule has 3 aromatic rings. The average Bonchev–Trinajstić information content (AvgIpc) is 2.83. The summed E-state index contributed by atoms with van der Waals surface area (Å²) < 4.78 is 0. The highest BCUT2D eigenvalue weighted by Gasteiger charge is 2.11. The summed E-state index contributed by atoms with van der Waals surface area (Å²) in [4.78, 5) is 13.5. The molecule has 0 unspecified atom stereocenters. The van der Waals surface area contributed by atoms with Crippen LogP contribution in [0.15, 0.2) is 52.7 Å². The van der Waals surface area contributed by atoms with E-state index in [0.29, 0.717) is 11.4 Å². The molecule has 1 heterocycles. The number of carbonyl (C=O) groups is 1. The molecular weight excluding hydrogens is 282 g/mol. The minimum Gasteiger partial charge on any atom is -0.545 e. The SMILES string of the molecule is Cc1cccc2c(N=Nc3ccc(C(=O)[O-])cc3)c(O)[nH]c12. The predicted octanol–water partition coefficient (Wildman–Crippen LogP) is 2.96. The molecule has 22 heavy (non-hydrogen) atoms. The summed E-state index contributed by atoms with van der Waals surface area (Å²) in [6, 6.07) is 11.5. The molecule has 6 heteroatoms. The number of aromatic carboxylic acids is 1. The number of aromatic amines is 1. The lowest BCUT2D eigenvalue weighted by Crippen LogP contribution is -2.21. The largest absolute Gasteiger partial charge is 0.545 e. The second-order valence-electron chi connectivity index (χ2n) is 4.85. The van der Waals surface area contributed by atoms with Gasteiger partial charge in [-0.25, -0.2) is 0 Å². The Morgan fingerprint density at radius 1 is 1.14 bits per heavy atom. The van der Waals surface area contributed by atoms with Crippen LogP contribution in [0.5, 0.6) is 5.88 Å². The highest BCUT2D eigenvalue weighted by molar-refractivity contribution is 5.95. The molecule has 0 saturated heterocycles. The zero-order valence-electron chi connectivity index (χ0n) is 11.7. The number of rotatable bonds is 3. The average molecular weight is 294 g/mol. The third-order valence-corrected chi connectivity index (χ3v) is 3.36. The number of aromatic nitrogens is 1. The Balaban J connectivity index is 1.97. The maximum absolute atomic E-state index is 10.7. The highest BCUT2D eigenvalue weighted by atomic mass is 16.4. The van der Waals surface area contributed by atoms with Crippen LogP contribution >= 0.6 is 0 Å². The Morgan fingerprint density at radius 3 is 2.55 bits per heavy atom. The van der Waals surface area contributed by atoms with Crippen molar-refractivity contribution >= 4 is 28.2 Å². The number of benzene rings is 2. The molecule has 0 fully saturated rings. The van der Waals surface area contributed by atoms with E-state index < -0.39 is 5.97 Å². The molecule has 0 bridgehead atoms. The van der Waals surface area contributed by atoms with Crippen LogP contribution in [0.4, 0.5) is 11.4 Å². The summed E-state index contributed by atoms with van der Waals surface area (Å²) in [5.74, 6) is -1.30. The minimum absolute atomic E-state index is 0.0561. The predicted molar refractivity (Wildman–Crippen MR) is 79.6 cm³/mol. The maximum Gasteiger partial charge on any atom is 0.218 e. The number of carbonyl (C=O) groups excluding carboxylic acids is 1. The third kappa shape index (κ3) is 2.42. The number of hydrogen-bond acceptors (Lipinski definition) is 5. The van der Waals surface area contributed by atoms with Crippen molar-refractivity contribution < 1.29 is 15.0 Å². The molecular formula is C16H12N3O3-. The van der Waals surface area contributed by atoms with Crippen molar-refractivity contribution in [3.8, 4) is 5.88 Å². The second kappa shape index (κ2) is 5.33. The van der Waals surface area contributed by atoms with Gasteiger partial charge in [0.1, 0.15) is 0 Å². The Kier molecular flexibility index (Phi) is 3.34. The van der Waals surface area contributed by atoms with Gasteiger partial charge in [-0.05, 0) is 30.2 Å². The summed E-state index contributed by atoms with van der Waals surface area (Å²) in [7, 11) is 0. The molecule has 0 atom stereocenters. The molecule has 0 spiro atoms. The topological polar surface area (TPSA) is 101 Å². The van der Waals surface area contributed by atoms with Gasteiger partial charge in [0.2, 0.25) is 5.88 Å². The van der Waals surface area contributed by atoms with Gasteiger partial charge in [0.25, 0.3) is 0 Å². The molecule has 2 N–H and O–H groups in total. The quantitative estimate of drug-likeness (QED) is 0.726. The highest BCUT2D eigenvalue weighted by Crippen LogP contribution is 2.37. The summed E-state index contributed by atoms with van der Waals surface area (Å²) in [6.07, 6.45) is 0. The number of hydrogen-bond donors (Lipinski definition) is 2. The number of azo groups is 1. The number of para-hydroxylation sites is 1. The summed E-state index contributed by atoms with van der Waals surface area (Å²) in [5.41, 5.74) is 2.70. The molecule has 0 aliphatic rings. The number of nitrogens with one attached hydrogen (secondary N) is 1. The maximum atomic E-state index is 10.7. The first kappa shape index (κ1) is 13.8. The van der Waals surface area contributed by atoms with Crippen molar-refractivity contribution in [2.24, 2.45) is 10.2 Å². The first-order valence-corrected chi connectivity index (χ1v) is 6.59. The van der Waals surface area contributed by atoms with E-state index in [0.717, 1.165) is 16.5 Å². The summed E-state index contributed by atoms with van der Waals surface area (Å²) in [6.45, 7) is 1.93. The Morgan fingerprint density at radius 2 is 1.86 bits per heavy atom. The van der Waals surface area contributed by atoms with Crippen molar-refractivity contribution in [3.63, 3.8) is 0 Å². The van der Waals surface area contributed by atoms with E-state index in [1.165, 1.54) is 24.3 Å². The van der Waals surface area contributed by atoms with E-state index >= 15 is 0 Å². The van der Waals surface area contributed by atoms with Gasteiger partial charge in [-0.1, -0.05) is 30.3 Å². The Bertz CT molecular complexity index is 880. The molecule has 0 amide bonds. The number of carboxylic acids is 1. The normalized spacial score (nSPS) is 11.3. The fraction of sp³-hybridized carbons (Fsp3) is 0.0625. The molecule has 0 aliphatic heterocycles. The number of aryl methyl sites for hydroxylation is 1. The van der Waals surface area contributed by atoms with E-state index in [-0.39, 0.29) is 11.4 Å². The fourth-order valence-corrected chi connectivity index (χ4v) is 2.21. The van der Waals surface area contributed by atoms with Crippen LogP contribution in [0.3, 0.4) is 0 Å². The van der Waals surface area contributed by atoms with Gasteiger partial charge in [0, 0.05) is 5.39 Å². The van der Waals surface area contributed by atoms with Crippen LogP contribution in [0.25, 0.3) is 10.9 Å². The summed E-state index contributed by atoms with van der Waals surface area (Å²) >= 11 is 0. The van der Waals surface area contributed by atoms with Gasteiger partial charge in [-0.15, -0.1) is 5.11 Å². The van der Waals surface area contributed by atoms with Gasteiger partial charge in [-0.3, -0.25) is 0 Å². The zero-order chi connectivity index (χ0) is 15.7. The molecule has 3 rings (SSSR count). The molecule has 2 aromatic carbocycles. The van der Waals surface area contributed by atoms with E-state index in [1.807, 2.05) is 25.1 Å². The monoisotopic (exact) mass is 294 g/mol. The fourth-order valence-electron chi connectivity index (χ4n) is 2.21. The molecule has 0 radical (unpaired) electrons. The van der Waals surface area contributed by atoms with Gasteiger partial charge >= 0.3 is 0 Å². The lowest BCUT2D eigenvalue weighted by Gasteiger charge is -2.00. The van der Waals surface area contributed by atoms with Crippen molar-refractivity contribution in [3.05, 3.63) is 53.6 Å². The van der Waals surface area contributed by atoms with E-state index in [1.54, 1.807) is 0 Å². The Labute approximate surface area is 125 Å². The van der Waals surface area contributed by atoms with Crippen molar-refractivity contribution in [1.82, 2.24) is 4.98 Å².